The van der Waals surface area contributed by atoms with E-state index in [4.69, 9.17) is 16.8 Å². The molecule has 0 aliphatic carbocycles. The highest BCUT2D eigenvalue weighted by Gasteiger charge is 2.08. The van der Waals surface area contributed by atoms with Gasteiger partial charge in [0.25, 0.3) is 0 Å². The van der Waals surface area contributed by atoms with Gasteiger partial charge in [0.15, 0.2) is 0 Å². The number of rotatable bonds is 2. The van der Waals surface area contributed by atoms with Gasteiger partial charge in [0.1, 0.15) is 5.75 Å². The van der Waals surface area contributed by atoms with Crippen LogP contribution >= 0.6 is 27.5 Å². The lowest BCUT2D eigenvalue weighted by molar-refractivity contribution is 0.317. The first-order valence-corrected chi connectivity index (χ1v) is 5.06. The van der Waals surface area contributed by atoms with Crippen molar-refractivity contribution in [3.63, 3.8) is 0 Å². The van der Waals surface area contributed by atoms with E-state index in [9.17, 15) is 5.11 Å². The fourth-order valence-corrected chi connectivity index (χ4v) is 1.94. The molecule has 0 aromatic heterocycles. The Labute approximate surface area is 95.1 Å². The topological polar surface area (TPSA) is 52.8 Å². The molecule has 0 aliphatic heterocycles. The van der Waals surface area contributed by atoms with Gasteiger partial charge in [0.05, 0.1) is 10.2 Å². The number of aromatic hydroxyl groups is 1. The second kappa shape index (κ2) is 4.66. The number of hydrogen-bond acceptors (Lipinski definition) is 3. The van der Waals surface area contributed by atoms with Crippen LogP contribution in [-0.2, 0) is 6.42 Å². The standard InChI is InChI=1S/C9H9BrClNO2/c1-5(12-14)2-6-3-7(11)4-8(10)9(6)13/h3-4,13-14H,2H2,1H3/b12-5+. The van der Waals surface area contributed by atoms with Gasteiger partial charge in [-0.25, -0.2) is 0 Å². The first-order valence-electron chi connectivity index (χ1n) is 3.89. The minimum atomic E-state index is 0.123. The summed E-state index contributed by atoms with van der Waals surface area (Å²) in [5.74, 6) is 0.123. The number of phenols is 1. The number of halogens is 2. The maximum atomic E-state index is 9.62. The van der Waals surface area contributed by atoms with Crippen molar-refractivity contribution < 1.29 is 10.3 Å². The molecule has 0 bridgehead atoms. The van der Waals surface area contributed by atoms with E-state index in [0.29, 0.717) is 27.2 Å². The Hall–Kier alpha value is -0.740. The van der Waals surface area contributed by atoms with Crippen LogP contribution in [0, 0.1) is 0 Å². The summed E-state index contributed by atoms with van der Waals surface area (Å²) in [6, 6.07) is 3.24. The predicted molar refractivity (Wildman–Crippen MR) is 59.4 cm³/mol. The lowest BCUT2D eigenvalue weighted by atomic mass is 10.1. The van der Waals surface area contributed by atoms with Crippen molar-refractivity contribution in [2.24, 2.45) is 5.16 Å². The third-order valence-corrected chi connectivity index (χ3v) is 2.55. The quantitative estimate of drug-likeness (QED) is 0.496. The van der Waals surface area contributed by atoms with Crippen LogP contribution in [0.15, 0.2) is 21.8 Å². The second-order valence-electron chi connectivity index (χ2n) is 2.91. The molecule has 3 nitrogen and oxygen atoms in total. The predicted octanol–water partition coefficient (Wildman–Crippen LogP) is 3.20. The van der Waals surface area contributed by atoms with Crippen LogP contribution in [-0.4, -0.2) is 16.0 Å². The summed E-state index contributed by atoms with van der Waals surface area (Å²) in [6.07, 6.45) is 0.363. The molecule has 0 atom stereocenters. The normalized spacial score (nSPS) is 11.8. The van der Waals surface area contributed by atoms with Crippen molar-refractivity contribution >= 4 is 33.2 Å². The van der Waals surface area contributed by atoms with Crippen molar-refractivity contribution in [3.05, 3.63) is 27.2 Å². The van der Waals surface area contributed by atoms with E-state index in [0.717, 1.165) is 0 Å². The van der Waals surface area contributed by atoms with Crippen LogP contribution in [0.25, 0.3) is 0 Å². The Morgan fingerprint density at radius 1 is 1.57 bits per heavy atom. The molecule has 0 heterocycles. The summed E-state index contributed by atoms with van der Waals surface area (Å²) in [6.45, 7) is 1.66. The van der Waals surface area contributed by atoms with Crippen molar-refractivity contribution in [1.29, 1.82) is 0 Å². The highest BCUT2D eigenvalue weighted by molar-refractivity contribution is 9.10. The first-order chi connectivity index (χ1) is 6.54. The maximum Gasteiger partial charge on any atom is 0.133 e. The van der Waals surface area contributed by atoms with Crippen molar-refractivity contribution in [2.75, 3.05) is 0 Å². The summed E-state index contributed by atoms with van der Waals surface area (Å²) < 4.78 is 0.533. The minimum absolute atomic E-state index is 0.123. The third-order valence-electron chi connectivity index (χ3n) is 1.72. The molecular formula is C9H9BrClNO2. The van der Waals surface area contributed by atoms with Crippen LogP contribution in [0.3, 0.4) is 0 Å². The molecule has 5 heteroatoms. The Balaban J connectivity index is 3.08. The molecule has 0 saturated heterocycles. The molecule has 0 amide bonds. The third kappa shape index (κ3) is 2.62. The van der Waals surface area contributed by atoms with Crippen LogP contribution in [0.1, 0.15) is 12.5 Å². The van der Waals surface area contributed by atoms with Crippen LogP contribution in [0.2, 0.25) is 5.02 Å². The SMILES string of the molecule is C/C(Cc1cc(Cl)cc(Br)c1O)=N\O. The monoisotopic (exact) mass is 277 g/mol. The average Bonchev–Trinajstić information content (AvgIpc) is 2.13. The Kier molecular flexibility index (Phi) is 3.77. The molecule has 1 rings (SSSR count). The van der Waals surface area contributed by atoms with Gasteiger partial charge < -0.3 is 10.3 Å². The van der Waals surface area contributed by atoms with Gasteiger partial charge in [0.2, 0.25) is 0 Å². The molecule has 0 spiro atoms. The molecular weight excluding hydrogens is 269 g/mol. The number of benzene rings is 1. The van der Waals surface area contributed by atoms with Gasteiger partial charge in [-0.2, -0.15) is 0 Å². The van der Waals surface area contributed by atoms with Crippen molar-refractivity contribution in [3.8, 4) is 5.75 Å². The largest absolute Gasteiger partial charge is 0.506 e. The van der Waals surface area contributed by atoms with E-state index in [1.54, 1.807) is 19.1 Å². The molecule has 0 saturated carbocycles. The summed E-state index contributed by atoms with van der Waals surface area (Å²) in [4.78, 5) is 0. The summed E-state index contributed by atoms with van der Waals surface area (Å²) in [7, 11) is 0. The highest BCUT2D eigenvalue weighted by atomic mass is 79.9. The zero-order valence-electron chi connectivity index (χ0n) is 7.46. The van der Waals surface area contributed by atoms with Gasteiger partial charge in [-0.3, -0.25) is 0 Å². The molecule has 0 fully saturated rings. The van der Waals surface area contributed by atoms with Gasteiger partial charge in [-0.1, -0.05) is 16.8 Å². The van der Waals surface area contributed by atoms with E-state index in [-0.39, 0.29) is 5.75 Å². The van der Waals surface area contributed by atoms with Crippen LogP contribution in [0.4, 0.5) is 0 Å². The Morgan fingerprint density at radius 3 is 2.79 bits per heavy atom. The fraction of sp³-hybridized carbons (Fsp3) is 0.222. The van der Waals surface area contributed by atoms with E-state index in [1.165, 1.54) is 0 Å². The van der Waals surface area contributed by atoms with Crippen molar-refractivity contribution in [1.82, 2.24) is 0 Å². The number of phenolic OH excluding ortho intramolecular Hbond substituents is 1. The molecule has 0 unspecified atom stereocenters. The molecule has 1 aromatic rings. The Morgan fingerprint density at radius 2 is 2.21 bits per heavy atom. The van der Waals surface area contributed by atoms with Gasteiger partial charge in [-0.15, -0.1) is 0 Å². The maximum absolute atomic E-state index is 9.62. The van der Waals surface area contributed by atoms with E-state index >= 15 is 0 Å². The lowest BCUT2D eigenvalue weighted by Crippen LogP contribution is -1.98. The van der Waals surface area contributed by atoms with Gasteiger partial charge in [0, 0.05) is 17.0 Å². The molecule has 2 N–H and O–H groups in total. The minimum Gasteiger partial charge on any atom is -0.506 e. The zero-order valence-corrected chi connectivity index (χ0v) is 9.80. The molecule has 0 aliphatic rings. The smallest absolute Gasteiger partial charge is 0.133 e. The summed E-state index contributed by atoms with van der Waals surface area (Å²) in [5, 5.41) is 21.7. The first kappa shape index (κ1) is 11.3. The van der Waals surface area contributed by atoms with Gasteiger partial charge >= 0.3 is 0 Å². The number of hydrogen-bond donors (Lipinski definition) is 2. The Bertz CT molecular complexity index is 379. The van der Waals surface area contributed by atoms with E-state index in [1.807, 2.05) is 0 Å². The van der Waals surface area contributed by atoms with E-state index in [2.05, 4.69) is 21.1 Å². The highest BCUT2D eigenvalue weighted by Crippen LogP contribution is 2.31. The van der Waals surface area contributed by atoms with Crippen molar-refractivity contribution in [2.45, 2.75) is 13.3 Å². The van der Waals surface area contributed by atoms with E-state index < -0.39 is 0 Å². The number of nitrogens with zero attached hydrogens (tertiary/aromatic N) is 1. The zero-order chi connectivity index (χ0) is 10.7. The van der Waals surface area contributed by atoms with Gasteiger partial charge in [-0.05, 0) is 35.0 Å². The summed E-state index contributed by atoms with van der Waals surface area (Å²) in [5.41, 5.74) is 1.13. The fourth-order valence-electron chi connectivity index (χ4n) is 1.07. The van der Waals surface area contributed by atoms with Crippen LogP contribution in [0.5, 0.6) is 5.75 Å². The molecule has 76 valence electrons. The summed E-state index contributed by atoms with van der Waals surface area (Å²) >= 11 is 8.98. The molecule has 14 heavy (non-hydrogen) atoms. The lowest BCUT2D eigenvalue weighted by Gasteiger charge is -2.06. The van der Waals surface area contributed by atoms with Crippen LogP contribution < -0.4 is 0 Å². The molecule has 0 radical (unpaired) electrons. The second-order valence-corrected chi connectivity index (χ2v) is 4.20. The average molecular weight is 279 g/mol. The molecule has 1 aromatic carbocycles. The number of oxime groups is 1.